The Kier molecular flexibility index (Phi) is 4.06. The molecule has 0 aromatic heterocycles. The molecule has 0 amide bonds. The fourth-order valence-electron chi connectivity index (χ4n) is 1.74. The summed E-state index contributed by atoms with van der Waals surface area (Å²) in [6, 6.07) is 9.51. The van der Waals surface area contributed by atoms with Gasteiger partial charge in [-0.1, -0.05) is 30.0 Å². The minimum Gasteiger partial charge on any atom is -0.388 e. The molecular weight excluding hydrogens is 240 g/mol. The van der Waals surface area contributed by atoms with Crippen molar-refractivity contribution in [3.63, 3.8) is 0 Å². The van der Waals surface area contributed by atoms with Crippen molar-refractivity contribution in [1.82, 2.24) is 0 Å². The highest BCUT2D eigenvalue weighted by molar-refractivity contribution is 7.99. The highest BCUT2D eigenvalue weighted by atomic mass is 32.2. The third-order valence-electron chi connectivity index (χ3n) is 2.80. The van der Waals surface area contributed by atoms with Gasteiger partial charge in [-0.25, -0.2) is 0 Å². The molecule has 0 bridgehead atoms. The Hall–Kier alpha value is -0.590. The molecule has 17 heavy (non-hydrogen) atoms. The van der Waals surface area contributed by atoms with Crippen molar-refractivity contribution in [3.05, 3.63) is 30.3 Å². The lowest BCUT2D eigenvalue weighted by Gasteiger charge is -2.38. The maximum Gasteiger partial charge on any atom is 0.136 e. The number of hydrogen-bond acceptors (Lipinski definition) is 5. The zero-order chi connectivity index (χ0) is 12.4. The molecule has 5 atom stereocenters. The van der Waals surface area contributed by atoms with Gasteiger partial charge >= 0.3 is 0 Å². The summed E-state index contributed by atoms with van der Waals surface area (Å²) in [5, 5.41) is 29.1. The number of thioether (sulfide) groups is 1. The van der Waals surface area contributed by atoms with E-state index in [4.69, 9.17) is 4.74 Å². The van der Waals surface area contributed by atoms with Gasteiger partial charge in [0.15, 0.2) is 0 Å². The molecule has 1 aromatic carbocycles. The number of hydrogen-bond donors (Lipinski definition) is 3. The SMILES string of the molecule is CC1O[C@@H](Sc2ccccc2)C(O)[C@@H](O)[C@H]1O. The molecule has 3 N–H and O–H groups in total. The van der Waals surface area contributed by atoms with Crippen molar-refractivity contribution in [3.8, 4) is 0 Å². The second-order valence-electron chi connectivity index (χ2n) is 4.11. The Labute approximate surface area is 104 Å². The van der Waals surface area contributed by atoms with E-state index in [0.29, 0.717) is 0 Å². The van der Waals surface area contributed by atoms with E-state index in [2.05, 4.69) is 0 Å². The number of aliphatic hydroxyl groups excluding tert-OH is 3. The monoisotopic (exact) mass is 256 g/mol. The van der Waals surface area contributed by atoms with Crippen LogP contribution in [0, 0.1) is 0 Å². The van der Waals surface area contributed by atoms with Crippen LogP contribution in [0.5, 0.6) is 0 Å². The maximum absolute atomic E-state index is 9.83. The van der Waals surface area contributed by atoms with Crippen LogP contribution in [0.3, 0.4) is 0 Å². The minimum absolute atomic E-state index is 0.491. The smallest absolute Gasteiger partial charge is 0.136 e. The Morgan fingerprint density at radius 2 is 1.65 bits per heavy atom. The summed E-state index contributed by atoms with van der Waals surface area (Å²) in [4.78, 5) is 0.951. The van der Waals surface area contributed by atoms with E-state index < -0.39 is 29.9 Å². The molecule has 1 aliphatic heterocycles. The molecule has 1 aromatic rings. The molecular formula is C12H16O4S. The molecule has 94 valence electrons. The Morgan fingerprint density at radius 1 is 1.00 bits per heavy atom. The van der Waals surface area contributed by atoms with Gasteiger partial charge in [0, 0.05) is 4.90 Å². The highest BCUT2D eigenvalue weighted by Gasteiger charge is 2.42. The van der Waals surface area contributed by atoms with Crippen molar-refractivity contribution in [2.45, 2.75) is 41.7 Å². The number of benzene rings is 1. The van der Waals surface area contributed by atoms with Crippen LogP contribution in [-0.2, 0) is 4.74 Å². The molecule has 0 aliphatic carbocycles. The minimum atomic E-state index is -1.17. The quantitative estimate of drug-likeness (QED) is 0.723. The van der Waals surface area contributed by atoms with E-state index in [1.54, 1.807) is 6.92 Å². The largest absolute Gasteiger partial charge is 0.388 e. The summed E-state index contributed by atoms with van der Waals surface area (Å²) in [6.07, 6.45) is -3.79. The number of ether oxygens (including phenoxy) is 1. The molecule has 1 aliphatic rings. The molecule has 1 saturated heterocycles. The maximum atomic E-state index is 9.83. The van der Waals surface area contributed by atoms with Crippen LogP contribution in [0.4, 0.5) is 0 Å². The van der Waals surface area contributed by atoms with E-state index in [1.807, 2.05) is 30.3 Å². The summed E-state index contributed by atoms with van der Waals surface area (Å²) in [6.45, 7) is 1.68. The standard InChI is InChI=1S/C12H16O4S/c1-7-9(13)10(14)11(15)12(16-7)17-8-5-3-2-4-6-8/h2-7,9-15H,1H3/t7?,9-,10-,11?,12-/m0/s1. The van der Waals surface area contributed by atoms with E-state index in [-0.39, 0.29) is 0 Å². The lowest BCUT2D eigenvalue weighted by molar-refractivity contribution is -0.192. The van der Waals surface area contributed by atoms with Crippen molar-refractivity contribution in [2.24, 2.45) is 0 Å². The molecule has 2 unspecified atom stereocenters. The van der Waals surface area contributed by atoms with Gasteiger partial charge in [-0.3, -0.25) is 0 Å². The first-order chi connectivity index (χ1) is 8.09. The normalized spacial score (nSPS) is 38.0. The van der Waals surface area contributed by atoms with Crippen LogP contribution < -0.4 is 0 Å². The average Bonchev–Trinajstić information content (AvgIpc) is 2.35. The molecule has 5 heteroatoms. The van der Waals surface area contributed by atoms with E-state index >= 15 is 0 Å². The molecule has 4 nitrogen and oxygen atoms in total. The predicted octanol–water partition coefficient (Wildman–Crippen LogP) is 0.606. The molecule has 0 saturated carbocycles. The van der Waals surface area contributed by atoms with Gasteiger partial charge < -0.3 is 20.1 Å². The lowest BCUT2D eigenvalue weighted by Crippen LogP contribution is -2.55. The van der Waals surface area contributed by atoms with Gasteiger partial charge in [0.1, 0.15) is 23.7 Å². The van der Waals surface area contributed by atoms with Crippen molar-refractivity contribution in [2.75, 3.05) is 0 Å². The second-order valence-corrected chi connectivity index (χ2v) is 5.28. The third-order valence-corrected chi connectivity index (χ3v) is 3.97. The highest BCUT2D eigenvalue weighted by Crippen LogP contribution is 2.32. The van der Waals surface area contributed by atoms with Gasteiger partial charge in [-0.05, 0) is 19.1 Å². The van der Waals surface area contributed by atoms with Gasteiger partial charge in [0.2, 0.25) is 0 Å². The number of aliphatic hydroxyl groups is 3. The van der Waals surface area contributed by atoms with Crippen molar-refractivity contribution in [1.29, 1.82) is 0 Å². The zero-order valence-electron chi connectivity index (χ0n) is 9.43. The molecule has 1 fully saturated rings. The third kappa shape index (κ3) is 2.81. The summed E-state index contributed by atoms with van der Waals surface area (Å²) in [5.74, 6) is 0. The van der Waals surface area contributed by atoms with Crippen LogP contribution >= 0.6 is 11.8 Å². The van der Waals surface area contributed by atoms with Crippen molar-refractivity contribution >= 4 is 11.8 Å². The van der Waals surface area contributed by atoms with Crippen LogP contribution in [-0.4, -0.2) is 45.2 Å². The summed E-state index contributed by atoms with van der Waals surface area (Å²) >= 11 is 1.34. The van der Waals surface area contributed by atoms with Gasteiger partial charge in [-0.15, -0.1) is 0 Å². The van der Waals surface area contributed by atoms with E-state index in [0.717, 1.165) is 4.90 Å². The average molecular weight is 256 g/mol. The topological polar surface area (TPSA) is 69.9 Å². The van der Waals surface area contributed by atoms with Crippen LogP contribution in [0.25, 0.3) is 0 Å². The lowest BCUT2D eigenvalue weighted by atomic mass is 10.0. The van der Waals surface area contributed by atoms with Crippen molar-refractivity contribution < 1.29 is 20.1 Å². The summed E-state index contributed by atoms with van der Waals surface area (Å²) in [7, 11) is 0. The number of rotatable bonds is 2. The predicted molar refractivity (Wildman–Crippen MR) is 64.7 cm³/mol. The Morgan fingerprint density at radius 3 is 2.29 bits per heavy atom. The second kappa shape index (κ2) is 5.37. The summed E-state index contributed by atoms with van der Waals surface area (Å²) < 4.78 is 5.49. The van der Waals surface area contributed by atoms with E-state index in [9.17, 15) is 15.3 Å². The fourth-order valence-corrected chi connectivity index (χ4v) is 2.86. The van der Waals surface area contributed by atoms with Gasteiger partial charge in [-0.2, -0.15) is 0 Å². The molecule has 0 spiro atoms. The summed E-state index contributed by atoms with van der Waals surface area (Å²) in [5.41, 5.74) is -0.564. The van der Waals surface area contributed by atoms with E-state index in [1.165, 1.54) is 11.8 Å². The van der Waals surface area contributed by atoms with Crippen LogP contribution in [0.2, 0.25) is 0 Å². The van der Waals surface area contributed by atoms with Gasteiger partial charge in [0.05, 0.1) is 6.10 Å². The first-order valence-corrected chi connectivity index (χ1v) is 6.39. The fraction of sp³-hybridized carbons (Fsp3) is 0.500. The van der Waals surface area contributed by atoms with Crippen LogP contribution in [0.1, 0.15) is 6.92 Å². The molecule has 2 rings (SSSR count). The molecule has 1 heterocycles. The zero-order valence-corrected chi connectivity index (χ0v) is 10.2. The first-order valence-electron chi connectivity index (χ1n) is 5.51. The van der Waals surface area contributed by atoms with Gasteiger partial charge in [0.25, 0.3) is 0 Å². The Balaban J connectivity index is 2.06. The molecule has 0 radical (unpaired) electrons. The van der Waals surface area contributed by atoms with Crippen LogP contribution in [0.15, 0.2) is 35.2 Å². The Bertz CT molecular complexity index is 359. The first kappa shape index (κ1) is 12.9.